The monoisotopic (exact) mass is 402 g/mol. The number of alkyl halides is 3. The number of amides is 2. The average molecular weight is 402 g/mol. The van der Waals surface area contributed by atoms with E-state index in [-0.39, 0.29) is 24.9 Å². The molecule has 0 heterocycles. The van der Waals surface area contributed by atoms with Crippen molar-refractivity contribution in [3.63, 3.8) is 0 Å². The Labute approximate surface area is 162 Å². The number of likely N-dealkylation sites (N-methyl/N-ethyl adjacent to an activating group) is 1. The van der Waals surface area contributed by atoms with Crippen molar-refractivity contribution >= 4 is 17.5 Å². The molecule has 1 aliphatic rings. The third-order valence-corrected chi connectivity index (χ3v) is 4.73. The predicted octanol–water partition coefficient (Wildman–Crippen LogP) is 1.34. The number of rotatable bonds is 9. The summed E-state index contributed by atoms with van der Waals surface area (Å²) < 4.78 is 43.7. The zero-order chi connectivity index (χ0) is 20.9. The van der Waals surface area contributed by atoms with E-state index < -0.39 is 24.7 Å². The standard InChI is InChI=1S/C19H26F3N3O3/c1-13(14-7-8-14)25(12-19(20,21)22)18(27)11-24(2)10-17(26)23-15-5-4-6-16(9-15)28-3/h4-6,9,13-14H,7-8,10-12H2,1-3H3,(H,23,26)/p+1/t13-/m0/s1. The van der Waals surface area contributed by atoms with E-state index in [2.05, 4.69) is 5.32 Å². The van der Waals surface area contributed by atoms with Gasteiger partial charge in [-0.05, 0) is 37.8 Å². The Morgan fingerprint density at radius 3 is 2.57 bits per heavy atom. The molecule has 0 aromatic heterocycles. The lowest BCUT2D eigenvalue weighted by Crippen LogP contribution is -3.11. The van der Waals surface area contributed by atoms with Crippen molar-refractivity contribution < 1.29 is 32.4 Å². The fraction of sp³-hybridized carbons (Fsp3) is 0.579. The molecule has 0 spiro atoms. The Balaban J connectivity index is 1.90. The summed E-state index contributed by atoms with van der Waals surface area (Å²) in [5.41, 5.74) is 0.546. The van der Waals surface area contributed by atoms with Crippen molar-refractivity contribution in [1.29, 1.82) is 0 Å². The maximum absolute atomic E-state index is 12.9. The second-order valence-corrected chi connectivity index (χ2v) is 7.31. The van der Waals surface area contributed by atoms with Gasteiger partial charge in [-0.25, -0.2) is 0 Å². The smallest absolute Gasteiger partial charge is 0.406 e. The third-order valence-electron chi connectivity index (χ3n) is 4.73. The van der Waals surface area contributed by atoms with E-state index in [4.69, 9.17) is 4.74 Å². The minimum atomic E-state index is -4.45. The van der Waals surface area contributed by atoms with E-state index >= 15 is 0 Å². The van der Waals surface area contributed by atoms with Crippen LogP contribution >= 0.6 is 0 Å². The van der Waals surface area contributed by atoms with Crippen LogP contribution in [-0.4, -0.2) is 62.7 Å². The molecule has 0 bridgehead atoms. The molecular weight excluding hydrogens is 375 g/mol. The summed E-state index contributed by atoms with van der Waals surface area (Å²) in [5.74, 6) is -0.215. The topological polar surface area (TPSA) is 63.1 Å². The van der Waals surface area contributed by atoms with Gasteiger partial charge in [0.2, 0.25) is 0 Å². The van der Waals surface area contributed by atoms with Crippen molar-refractivity contribution in [3.05, 3.63) is 24.3 Å². The number of quaternary nitrogens is 1. The Kier molecular flexibility index (Phi) is 7.29. The lowest BCUT2D eigenvalue weighted by atomic mass is 10.1. The van der Waals surface area contributed by atoms with Crippen molar-refractivity contribution in [3.8, 4) is 5.75 Å². The van der Waals surface area contributed by atoms with E-state index in [9.17, 15) is 22.8 Å². The van der Waals surface area contributed by atoms with Crippen LogP contribution in [0.4, 0.5) is 18.9 Å². The summed E-state index contributed by atoms with van der Waals surface area (Å²) >= 11 is 0. The Bertz CT molecular complexity index is 692. The molecule has 28 heavy (non-hydrogen) atoms. The minimum Gasteiger partial charge on any atom is -0.497 e. The fourth-order valence-electron chi connectivity index (χ4n) is 3.09. The molecule has 156 valence electrons. The minimum absolute atomic E-state index is 0.0411. The quantitative estimate of drug-likeness (QED) is 0.655. The number of ether oxygens (including phenoxy) is 1. The maximum atomic E-state index is 12.9. The number of carbonyl (C=O) groups excluding carboxylic acids is 2. The maximum Gasteiger partial charge on any atom is 0.406 e. The lowest BCUT2D eigenvalue weighted by molar-refractivity contribution is -0.862. The molecule has 2 atom stereocenters. The molecule has 1 saturated carbocycles. The number of carbonyl (C=O) groups is 2. The summed E-state index contributed by atoms with van der Waals surface area (Å²) in [5, 5.41) is 2.69. The molecule has 2 rings (SSSR count). The number of nitrogens with zero attached hydrogens (tertiary/aromatic N) is 1. The van der Waals surface area contributed by atoms with Crippen LogP contribution in [0.15, 0.2) is 24.3 Å². The molecule has 1 fully saturated rings. The molecule has 0 aliphatic heterocycles. The van der Waals surface area contributed by atoms with Crippen molar-refractivity contribution in [1.82, 2.24) is 4.90 Å². The van der Waals surface area contributed by atoms with Crippen LogP contribution in [0.1, 0.15) is 19.8 Å². The Morgan fingerprint density at radius 2 is 2.00 bits per heavy atom. The normalized spacial score (nSPS) is 16.2. The predicted molar refractivity (Wildman–Crippen MR) is 98.2 cm³/mol. The first-order valence-electron chi connectivity index (χ1n) is 9.20. The van der Waals surface area contributed by atoms with Crippen molar-refractivity contribution in [2.24, 2.45) is 5.92 Å². The van der Waals surface area contributed by atoms with Gasteiger partial charge in [0.15, 0.2) is 13.1 Å². The summed E-state index contributed by atoms with van der Waals surface area (Å²) in [6.45, 7) is 0.179. The fourth-order valence-corrected chi connectivity index (χ4v) is 3.09. The number of hydrogen-bond acceptors (Lipinski definition) is 3. The van der Waals surface area contributed by atoms with E-state index in [0.717, 1.165) is 17.7 Å². The first-order chi connectivity index (χ1) is 13.1. The number of halogens is 3. The summed E-state index contributed by atoms with van der Waals surface area (Å²) in [6.07, 6.45) is -2.76. The van der Waals surface area contributed by atoms with Gasteiger partial charge in [-0.2, -0.15) is 13.2 Å². The molecule has 1 unspecified atom stereocenters. The zero-order valence-corrected chi connectivity index (χ0v) is 16.3. The molecule has 0 radical (unpaired) electrons. The number of methoxy groups -OCH3 is 1. The third kappa shape index (κ3) is 7.03. The van der Waals surface area contributed by atoms with Crippen LogP contribution < -0.4 is 15.0 Å². The summed E-state index contributed by atoms with van der Waals surface area (Å²) in [7, 11) is 3.12. The molecule has 1 aromatic rings. The van der Waals surface area contributed by atoms with E-state index in [1.165, 1.54) is 7.11 Å². The number of hydrogen-bond donors (Lipinski definition) is 2. The molecule has 2 amide bonds. The van der Waals surface area contributed by atoms with Gasteiger partial charge in [-0.3, -0.25) is 9.59 Å². The van der Waals surface area contributed by atoms with Gasteiger partial charge in [0, 0.05) is 17.8 Å². The van der Waals surface area contributed by atoms with Crippen molar-refractivity contribution in [2.75, 3.05) is 39.1 Å². The largest absolute Gasteiger partial charge is 0.497 e. The number of nitrogens with one attached hydrogen (secondary N) is 2. The number of benzene rings is 1. The lowest BCUT2D eigenvalue weighted by Gasteiger charge is -2.30. The summed E-state index contributed by atoms with van der Waals surface area (Å²) in [6, 6.07) is 6.36. The highest BCUT2D eigenvalue weighted by Crippen LogP contribution is 2.36. The van der Waals surface area contributed by atoms with E-state index in [0.29, 0.717) is 16.3 Å². The highest BCUT2D eigenvalue weighted by Gasteiger charge is 2.41. The van der Waals surface area contributed by atoms with Crippen LogP contribution in [0.5, 0.6) is 5.75 Å². The second kappa shape index (κ2) is 9.27. The average Bonchev–Trinajstić information content (AvgIpc) is 3.43. The molecule has 0 saturated heterocycles. The van der Waals surface area contributed by atoms with Gasteiger partial charge in [0.1, 0.15) is 12.3 Å². The van der Waals surface area contributed by atoms with Crippen LogP contribution in [-0.2, 0) is 9.59 Å². The first kappa shape index (κ1) is 22.0. The zero-order valence-electron chi connectivity index (χ0n) is 16.3. The van der Waals surface area contributed by atoms with Crippen molar-refractivity contribution in [2.45, 2.75) is 32.0 Å². The molecule has 2 N–H and O–H groups in total. The molecule has 1 aromatic carbocycles. The summed E-state index contributed by atoms with van der Waals surface area (Å²) in [4.78, 5) is 26.1. The number of anilines is 1. The van der Waals surface area contributed by atoms with E-state index in [1.807, 2.05) is 0 Å². The van der Waals surface area contributed by atoms with Crippen LogP contribution in [0.25, 0.3) is 0 Å². The highest BCUT2D eigenvalue weighted by atomic mass is 19.4. The van der Waals surface area contributed by atoms with Crippen LogP contribution in [0.2, 0.25) is 0 Å². The highest BCUT2D eigenvalue weighted by molar-refractivity contribution is 5.91. The molecule has 6 nitrogen and oxygen atoms in total. The van der Waals surface area contributed by atoms with Gasteiger partial charge >= 0.3 is 6.18 Å². The van der Waals surface area contributed by atoms with Gasteiger partial charge in [0.25, 0.3) is 11.8 Å². The second-order valence-electron chi connectivity index (χ2n) is 7.31. The SMILES string of the molecule is COc1cccc(NC(=O)C[NH+](C)CC(=O)N(CC(F)(F)F)[C@@H](C)C2CC2)c1. The Hall–Kier alpha value is -2.29. The van der Waals surface area contributed by atoms with Gasteiger partial charge in [0.05, 0.1) is 14.2 Å². The Morgan fingerprint density at radius 1 is 1.32 bits per heavy atom. The van der Waals surface area contributed by atoms with Gasteiger partial charge in [-0.15, -0.1) is 0 Å². The first-order valence-corrected chi connectivity index (χ1v) is 9.20. The van der Waals surface area contributed by atoms with Gasteiger partial charge < -0.3 is 19.9 Å². The van der Waals surface area contributed by atoms with Crippen LogP contribution in [0, 0.1) is 5.92 Å². The van der Waals surface area contributed by atoms with Crippen LogP contribution in [0.3, 0.4) is 0 Å². The molecular formula is C19H27F3N3O3+. The van der Waals surface area contributed by atoms with E-state index in [1.54, 1.807) is 38.2 Å². The molecule has 9 heteroatoms. The van der Waals surface area contributed by atoms with Gasteiger partial charge in [-0.1, -0.05) is 6.07 Å². The molecule has 1 aliphatic carbocycles.